The number of fused-ring (bicyclic) bond motifs is 1. The first-order valence-electron chi connectivity index (χ1n) is 8.78. The van der Waals surface area contributed by atoms with Crippen LogP contribution in [0.5, 0.6) is 0 Å². The van der Waals surface area contributed by atoms with Crippen LogP contribution in [0.2, 0.25) is 0 Å². The third-order valence-corrected chi connectivity index (χ3v) is 5.55. The molecule has 0 unspecified atom stereocenters. The Labute approximate surface area is 154 Å². The van der Waals surface area contributed by atoms with E-state index >= 15 is 0 Å². The number of hydrogen-bond donors (Lipinski definition) is 2. The smallest absolute Gasteiger partial charge is 0.282 e. The van der Waals surface area contributed by atoms with E-state index in [2.05, 4.69) is 5.32 Å². The normalized spacial score (nSPS) is 21.1. The molecule has 1 atom stereocenters. The Kier molecular flexibility index (Phi) is 4.19. The molecular formula is C20H18F2N2O3. The topological polar surface area (TPSA) is 69.6 Å². The highest BCUT2D eigenvalue weighted by atomic mass is 19.1. The van der Waals surface area contributed by atoms with Crippen LogP contribution < -0.4 is 10.4 Å². The monoisotopic (exact) mass is 372 g/mol. The number of anilines is 1. The Morgan fingerprint density at radius 2 is 1.93 bits per heavy atom. The first-order valence-corrected chi connectivity index (χ1v) is 8.78. The lowest BCUT2D eigenvalue weighted by atomic mass is 9.70. The number of benzene rings is 2. The van der Waals surface area contributed by atoms with Gasteiger partial charge in [-0.05, 0) is 61.1 Å². The van der Waals surface area contributed by atoms with E-state index in [0.717, 1.165) is 35.7 Å². The van der Waals surface area contributed by atoms with Gasteiger partial charge in [-0.15, -0.1) is 0 Å². The number of aryl methyl sites for hydroxylation is 1. The van der Waals surface area contributed by atoms with Gasteiger partial charge in [0.15, 0.2) is 0 Å². The van der Waals surface area contributed by atoms with Gasteiger partial charge in [-0.1, -0.05) is 6.07 Å². The maximum atomic E-state index is 13.8. The molecule has 2 aromatic rings. The predicted molar refractivity (Wildman–Crippen MR) is 93.5 cm³/mol. The van der Waals surface area contributed by atoms with E-state index in [9.17, 15) is 23.6 Å². The average molecular weight is 372 g/mol. The zero-order valence-electron chi connectivity index (χ0n) is 14.5. The minimum atomic E-state index is -0.903. The quantitative estimate of drug-likeness (QED) is 0.629. The van der Waals surface area contributed by atoms with Crippen molar-refractivity contribution in [3.8, 4) is 0 Å². The summed E-state index contributed by atoms with van der Waals surface area (Å²) in [6.07, 6.45) is 2.76. The summed E-state index contributed by atoms with van der Waals surface area (Å²) < 4.78 is 27.1. The average Bonchev–Trinajstić information content (AvgIpc) is 3.01. The third-order valence-electron chi connectivity index (χ3n) is 5.55. The minimum Gasteiger partial charge on any atom is -0.356 e. The summed E-state index contributed by atoms with van der Waals surface area (Å²) in [7, 11) is 0. The molecule has 1 aliphatic carbocycles. The number of hydroxylamine groups is 1. The van der Waals surface area contributed by atoms with Gasteiger partial charge < -0.3 is 5.32 Å². The Bertz CT molecular complexity index is 947. The van der Waals surface area contributed by atoms with E-state index in [1.54, 1.807) is 12.1 Å². The zero-order chi connectivity index (χ0) is 19.2. The summed E-state index contributed by atoms with van der Waals surface area (Å²) in [6, 6.07) is 7.47. The molecule has 7 heteroatoms. The van der Waals surface area contributed by atoms with Crippen LogP contribution in [0.4, 0.5) is 14.5 Å². The van der Waals surface area contributed by atoms with E-state index < -0.39 is 23.2 Å². The molecule has 0 radical (unpaired) electrons. The summed E-state index contributed by atoms with van der Waals surface area (Å²) >= 11 is 0. The molecular weight excluding hydrogens is 354 g/mol. The SMILES string of the molecule is O=C(c1ccc2c(c1)CC[C@]1(CCNC1=O)C2)N(O)c1cc(F)ccc1F. The number of amides is 2. The fourth-order valence-electron chi connectivity index (χ4n) is 3.99. The summed E-state index contributed by atoms with van der Waals surface area (Å²) in [5.41, 5.74) is 1.19. The highest BCUT2D eigenvalue weighted by Gasteiger charge is 2.44. The van der Waals surface area contributed by atoms with Gasteiger partial charge in [0.1, 0.15) is 17.3 Å². The summed E-state index contributed by atoms with van der Waals surface area (Å²) in [6.45, 7) is 0.684. The van der Waals surface area contributed by atoms with Crippen LogP contribution in [0, 0.1) is 17.0 Å². The van der Waals surface area contributed by atoms with Crippen LogP contribution in [-0.4, -0.2) is 23.6 Å². The Balaban J connectivity index is 1.60. The van der Waals surface area contributed by atoms with Crippen molar-refractivity contribution in [3.05, 3.63) is 64.7 Å². The van der Waals surface area contributed by atoms with Crippen LogP contribution in [-0.2, 0) is 17.6 Å². The number of nitrogens with zero attached hydrogens (tertiary/aromatic N) is 1. The molecule has 2 amide bonds. The Morgan fingerprint density at radius 3 is 2.67 bits per heavy atom. The second-order valence-electron chi connectivity index (χ2n) is 7.16. The molecule has 2 N–H and O–H groups in total. The molecule has 1 spiro atoms. The number of halogens is 2. The molecule has 5 nitrogen and oxygen atoms in total. The first-order chi connectivity index (χ1) is 12.9. The van der Waals surface area contributed by atoms with Crippen molar-refractivity contribution in [2.45, 2.75) is 25.7 Å². The number of carbonyl (C=O) groups is 2. The lowest BCUT2D eigenvalue weighted by Gasteiger charge is -2.32. The van der Waals surface area contributed by atoms with E-state index in [1.807, 2.05) is 0 Å². The van der Waals surface area contributed by atoms with E-state index in [1.165, 1.54) is 6.07 Å². The van der Waals surface area contributed by atoms with Gasteiger partial charge in [0, 0.05) is 18.2 Å². The van der Waals surface area contributed by atoms with Crippen molar-refractivity contribution < 1.29 is 23.6 Å². The summed E-state index contributed by atoms with van der Waals surface area (Å²) in [5, 5.41) is 13.1. The lowest BCUT2D eigenvalue weighted by molar-refractivity contribution is -0.128. The molecule has 140 valence electrons. The standard InChI is InChI=1S/C20H18F2N2O3/c21-15-3-4-16(22)17(10-15)24(27)18(25)13-1-2-14-11-20(6-5-12(14)9-13)7-8-23-19(20)26/h1-4,9-10,27H,5-8,11H2,(H,23,26)/t20-/m0/s1. The number of carbonyl (C=O) groups excluding carboxylic acids is 2. The van der Waals surface area contributed by atoms with Gasteiger partial charge in [-0.25, -0.2) is 8.78 Å². The second-order valence-corrected chi connectivity index (χ2v) is 7.16. The minimum absolute atomic E-state index is 0.0800. The molecule has 0 saturated carbocycles. The van der Waals surface area contributed by atoms with E-state index in [0.29, 0.717) is 25.8 Å². The zero-order valence-corrected chi connectivity index (χ0v) is 14.5. The van der Waals surface area contributed by atoms with Gasteiger partial charge in [-0.2, -0.15) is 5.06 Å². The molecule has 27 heavy (non-hydrogen) atoms. The fourth-order valence-corrected chi connectivity index (χ4v) is 3.99. The summed E-state index contributed by atoms with van der Waals surface area (Å²) in [5.74, 6) is -2.43. The fraction of sp³-hybridized carbons (Fsp3) is 0.300. The summed E-state index contributed by atoms with van der Waals surface area (Å²) in [4.78, 5) is 24.7. The molecule has 2 aromatic carbocycles. The Hall–Kier alpha value is -2.80. The van der Waals surface area contributed by atoms with Crippen molar-refractivity contribution in [2.24, 2.45) is 5.41 Å². The molecule has 2 aliphatic rings. The van der Waals surface area contributed by atoms with Crippen molar-refractivity contribution >= 4 is 17.5 Å². The third kappa shape index (κ3) is 2.98. The largest absolute Gasteiger partial charge is 0.356 e. The number of hydrogen-bond acceptors (Lipinski definition) is 3. The predicted octanol–water partition coefficient (Wildman–Crippen LogP) is 3.00. The molecule has 0 aromatic heterocycles. The molecule has 1 fully saturated rings. The Morgan fingerprint density at radius 1 is 1.11 bits per heavy atom. The van der Waals surface area contributed by atoms with Crippen molar-refractivity contribution in [1.82, 2.24) is 5.32 Å². The molecule has 1 aliphatic heterocycles. The molecule has 1 saturated heterocycles. The van der Waals surface area contributed by atoms with Crippen LogP contribution in [0.1, 0.15) is 34.3 Å². The molecule has 1 heterocycles. The highest BCUT2D eigenvalue weighted by molar-refractivity contribution is 6.04. The first kappa shape index (κ1) is 17.6. The van der Waals surface area contributed by atoms with Crippen LogP contribution in [0.15, 0.2) is 36.4 Å². The van der Waals surface area contributed by atoms with Crippen molar-refractivity contribution in [1.29, 1.82) is 0 Å². The van der Waals surface area contributed by atoms with Crippen molar-refractivity contribution in [2.75, 3.05) is 11.6 Å². The van der Waals surface area contributed by atoms with Gasteiger partial charge in [-0.3, -0.25) is 14.8 Å². The molecule has 4 rings (SSSR count). The molecule has 0 bridgehead atoms. The van der Waals surface area contributed by atoms with Gasteiger partial charge in [0.2, 0.25) is 5.91 Å². The van der Waals surface area contributed by atoms with E-state index in [4.69, 9.17) is 0 Å². The number of rotatable bonds is 2. The lowest BCUT2D eigenvalue weighted by Crippen LogP contribution is -2.36. The van der Waals surface area contributed by atoms with E-state index in [-0.39, 0.29) is 21.9 Å². The van der Waals surface area contributed by atoms with Crippen LogP contribution >= 0.6 is 0 Å². The van der Waals surface area contributed by atoms with Crippen LogP contribution in [0.25, 0.3) is 0 Å². The second kappa shape index (κ2) is 6.42. The van der Waals surface area contributed by atoms with Gasteiger partial charge >= 0.3 is 0 Å². The number of nitrogens with one attached hydrogen (secondary N) is 1. The highest BCUT2D eigenvalue weighted by Crippen LogP contribution is 2.41. The van der Waals surface area contributed by atoms with Crippen molar-refractivity contribution in [3.63, 3.8) is 0 Å². The van der Waals surface area contributed by atoms with Crippen LogP contribution in [0.3, 0.4) is 0 Å². The van der Waals surface area contributed by atoms with Gasteiger partial charge in [0.25, 0.3) is 5.91 Å². The maximum Gasteiger partial charge on any atom is 0.282 e. The van der Waals surface area contributed by atoms with Gasteiger partial charge in [0.05, 0.1) is 5.41 Å². The maximum absolute atomic E-state index is 13.8.